The molecule has 0 radical (unpaired) electrons. The molecule has 10 heteroatoms. The van der Waals surface area contributed by atoms with Crippen LogP contribution in [0, 0.1) is 0 Å². The van der Waals surface area contributed by atoms with E-state index in [9.17, 15) is 4.79 Å². The number of nitrogen functional groups attached to an aromatic ring is 1. The molecule has 0 aliphatic rings. The van der Waals surface area contributed by atoms with Gasteiger partial charge in [0, 0.05) is 10.9 Å². The van der Waals surface area contributed by atoms with Crippen molar-refractivity contribution in [3.63, 3.8) is 0 Å². The number of nitrogens with two attached hydrogens (primary N) is 1. The first-order valence-electron chi connectivity index (χ1n) is 6.61. The Labute approximate surface area is 139 Å². The van der Waals surface area contributed by atoms with Crippen LogP contribution in [-0.4, -0.2) is 34.0 Å². The van der Waals surface area contributed by atoms with Crippen molar-refractivity contribution in [1.29, 1.82) is 0 Å². The van der Waals surface area contributed by atoms with E-state index in [1.807, 2.05) is 18.2 Å². The standard InChI is InChI=1S/C14H11N5O4S/c1-21-19-10(9-7-24-13(15)16-9)12(20)23-14-18-17-11(22-14)8-5-3-2-4-6-8/h2-7H,1H3,(H2,15,16)/b19-10-. The number of carbonyl (C=O) groups excluding carboxylic acids is 1. The maximum absolute atomic E-state index is 12.2. The van der Waals surface area contributed by atoms with Crippen molar-refractivity contribution in [3.8, 4) is 17.5 Å². The lowest BCUT2D eigenvalue weighted by molar-refractivity contribution is -0.128. The number of nitrogens with zero attached hydrogens (tertiary/aromatic N) is 4. The van der Waals surface area contributed by atoms with Gasteiger partial charge < -0.3 is 19.7 Å². The summed E-state index contributed by atoms with van der Waals surface area (Å²) in [6.45, 7) is 0. The maximum atomic E-state index is 12.2. The van der Waals surface area contributed by atoms with Gasteiger partial charge in [0.15, 0.2) is 5.13 Å². The number of esters is 1. The molecule has 0 amide bonds. The number of hydrogen-bond acceptors (Lipinski definition) is 10. The Morgan fingerprint density at radius 2 is 2.08 bits per heavy atom. The largest absolute Gasteiger partial charge is 0.423 e. The number of thiazole rings is 1. The number of carbonyl (C=O) groups is 1. The maximum Gasteiger partial charge on any atom is 0.423 e. The van der Waals surface area contributed by atoms with E-state index in [-0.39, 0.29) is 28.5 Å². The van der Waals surface area contributed by atoms with Gasteiger partial charge >= 0.3 is 12.0 Å². The molecule has 1 aromatic carbocycles. The van der Waals surface area contributed by atoms with E-state index in [2.05, 4.69) is 25.2 Å². The second kappa shape index (κ2) is 6.87. The van der Waals surface area contributed by atoms with Gasteiger partial charge in [-0.2, -0.15) is 0 Å². The lowest BCUT2D eigenvalue weighted by atomic mass is 10.2. The van der Waals surface area contributed by atoms with Crippen molar-refractivity contribution in [2.24, 2.45) is 5.16 Å². The van der Waals surface area contributed by atoms with Crippen molar-refractivity contribution in [2.75, 3.05) is 12.8 Å². The van der Waals surface area contributed by atoms with E-state index < -0.39 is 5.97 Å². The van der Waals surface area contributed by atoms with Gasteiger partial charge in [-0.15, -0.1) is 16.4 Å². The minimum atomic E-state index is -0.856. The van der Waals surface area contributed by atoms with Gasteiger partial charge in [-0.05, 0) is 12.1 Å². The second-order valence-electron chi connectivity index (χ2n) is 4.32. The van der Waals surface area contributed by atoms with Crippen LogP contribution in [0.3, 0.4) is 0 Å². The fourth-order valence-corrected chi connectivity index (χ4v) is 2.30. The van der Waals surface area contributed by atoms with Crippen LogP contribution < -0.4 is 10.5 Å². The molecule has 3 aromatic rings. The Bertz CT molecular complexity index is 874. The molecule has 0 aliphatic carbocycles. The van der Waals surface area contributed by atoms with E-state index in [1.54, 1.807) is 17.5 Å². The topological polar surface area (TPSA) is 126 Å². The summed E-state index contributed by atoms with van der Waals surface area (Å²) in [6.07, 6.45) is -0.314. The van der Waals surface area contributed by atoms with Gasteiger partial charge in [0.25, 0.3) is 5.89 Å². The smallest absolute Gasteiger partial charge is 0.398 e. The lowest BCUT2D eigenvalue weighted by Crippen LogP contribution is -2.22. The van der Waals surface area contributed by atoms with Crippen LogP contribution >= 0.6 is 11.3 Å². The number of aromatic nitrogens is 3. The van der Waals surface area contributed by atoms with Gasteiger partial charge in [0.1, 0.15) is 12.8 Å². The summed E-state index contributed by atoms with van der Waals surface area (Å²) < 4.78 is 10.3. The molecule has 0 aliphatic heterocycles. The third-order valence-corrected chi connectivity index (χ3v) is 3.42. The Kier molecular flexibility index (Phi) is 4.47. The van der Waals surface area contributed by atoms with Crippen LogP contribution in [0.4, 0.5) is 5.13 Å². The third-order valence-electron chi connectivity index (χ3n) is 2.75. The molecule has 0 bridgehead atoms. The van der Waals surface area contributed by atoms with Crippen molar-refractivity contribution in [1.82, 2.24) is 15.2 Å². The van der Waals surface area contributed by atoms with Gasteiger partial charge in [-0.1, -0.05) is 28.5 Å². The molecule has 0 saturated carbocycles. The van der Waals surface area contributed by atoms with Crippen LogP contribution in [0.15, 0.2) is 45.3 Å². The van der Waals surface area contributed by atoms with Crippen molar-refractivity contribution in [3.05, 3.63) is 41.4 Å². The average Bonchev–Trinajstić information content (AvgIpc) is 3.22. The van der Waals surface area contributed by atoms with Crippen molar-refractivity contribution >= 4 is 28.1 Å². The van der Waals surface area contributed by atoms with Gasteiger partial charge in [-0.25, -0.2) is 9.78 Å². The fourth-order valence-electron chi connectivity index (χ4n) is 1.75. The van der Waals surface area contributed by atoms with Crippen LogP contribution in [0.5, 0.6) is 6.08 Å². The van der Waals surface area contributed by atoms with Crippen molar-refractivity contribution < 1.29 is 18.8 Å². The number of ether oxygens (including phenoxy) is 1. The SMILES string of the molecule is CO/N=C(\C(=O)Oc1nnc(-c2ccccc2)o1)c1csc(N)n1. The Hall–Kier alpha value is -3.27. The van der Waals surface area contributed by atoms with E-state index in [4.69, 9.17) is 14.9 Å². The monoisotopic (exact) mass is 345 g/mol. The minimum Gasteiger partial charge on any atom is -0.398 e. The second-order valence-corrected chi connectivity index (χ2v) is 5.21. The normalized spacial score (nSPS) is 11.3. The summed E-state index contributed by atoms with van der Waals surface area (Å²) in [7, 11) is 1.29. The van der Waals surface area contributed by atoms with Crippen LogP contribution in [0.2, 0.25) is 0 Å². The highest BCUT2D eigenvalue weighted by molar-refractivity contribution is 7.13. The summed E-state index contributed by atoms with van der Waals surface area (Å²) >= 11 is 1.15. The molecule has 0 fully saturated rings. The third kappa shape index (κ3) is 3.38. The van der Waals surface area contributed by atoms with Crippen LogP contribution in [0.25, 0.3) is 11.5 Å². The van der Waals surface area contributed by atoms with Crippen molar-refractivity contribution in [2.45, 2.75) is 0 Å². The number of oxime groups is 1. The molecule has 0 saturated heterocycles. The summed E-state index contributed by atoms with van der Waals surface area (Å²) in [5.41, 5.74) is 6.32. The zero-order chi connectivity index (χ0) is 16.9. The number of benzene rings is 1. The summed E-state index contributed by atoms with van der Waals surface area (Å²) in [4.78, 5) is 20.8. The van der Waals surface area contributed by atoms with Gasteiger partial charge in [0.05, 0.1) is 0 Å². The van der Waals surface area contributed by atoms with Crippen LogP contribution in [0.1, 0.15) is 5.69 Å². The van der Waals surface area contributed by atoms with Gasteiger partial charge in [0.2, 0.25) is 5.71 Å². The number of hydrogen-bond donors (Lipinski definition) is 1. The first-order valence-corrected chi connectivity index (χ1v) is 7.49. The summed E-state index contributed by atoms with van der Waals surface area (Å²) in [5, 5.41) is 12.9. The van der Waals surface area contributed by atoms with E-state index in [0.29, 0.717) is 5.56 Å². The quantitative estimate of drug-likeness (QED) is 0.421. The predicted molar refractivity (Wildman–Crippen MR) is 85.4 cm³/mol. The Morgan fingerprint density at radius 1 is 1.29 bits per heavy atom. The summed E-state index contributed by atoms with van der Waals surface area (Å²) in [5.74, 6) is -0.632. The minimum absolute atomic E-state index is 0.162. The Morgan fingerprint density at radius 3 is 2.75 bits per heavy atom. The van der Waals surface area contributed by atoms with E-state index in [0.717, 1.165) is 11.3 Å². The molecule has 2 heterocycles. The zero-order valence-electron chi connectivity index (χ0n) is 12.4. The molecule has 122 valence electrons. The molecule has 0 atom stereocenters. The zero-order valence-corrected chi connectivity index (χ0v) is 13.2. The highest BCUT2D eigenvalue weighted by atomic mass is 32.1. The molecule has 0 spiro atoms. The molecule has 2 N–H and O–H groups in total. The van der Waals surface area contributed by atoms with Gasteiger partial charge in [-0.3, -0.25) is 0 Å². The molecule has 24 heavy (non-hydrogen) atoms. The van der Waals surface area contributed by atoms with E-state index >= 15 is 0 Å². The Balaban J connectivity index is 1.79. The van der Waals surface area contributed by atoms with E-state index in [1.165, 1.54) is 7.11 Å². The predicted octanol–water partition coefficient (Wildman–Crippen LogP) is 1.73. The highest BCUT2D eigenvalue weighted by Crippen LogP contribution is 2.21. The highest BCUT2D eigenvalue weighted by Gasteiger charge is 2.23. The average molecular weight is 345 g/mol. The molecule has 9 nitrogen and oxygen atoms in total. The number of rotatable bonds is 5. The molecule has 3 rings (SSSR count). The lowest BCUT2D eigenvalue weighted by Gasteiger charge is -2.00. The first kappa shape index (κ1) is 15.6. The van der Waals surface area contributed by atoms with Crippen LogP contribution in [-0.2, 0) is 9.63 Å². The fraction of sp³-hybridized carbons (Fsp3) is 0.0714. The molecular formula is C14H11N5O4S. The molecule has 2 aromatic heterocycles. The summed E-state index contributed by atoms with van der Waals surface area (Å²) in [6, 6.07) is 9.07. The molecular weight excluding hydrogens is 334 g/mol. The first-order chi connectivity index (χ1) is 11.7. The number of anilines is 1. The molecule has 0 unspecified atom stereocenters.